The van der Waals surface area contributed by atoms with Crippen molar-refractivity contribution in [3.05, 3.63) is 42.4 Å². The maximum atomic E-state index is 13.7. The van der Waals surface area contributed by atoms with Crippen LogP contribution in [-0.4, -0.2) is 94.7 Å². The van der Waals surface area contributed by atoms with E-state index < -0.39 is 86.9 Å². The van der Waals surface area contributed by atoms with E-state index >= 15 is 0 Å². The number of aliphatic hydroxyl groups excluding tert-OH is 1. The van der Waals surface area contributed by atoms with Gasteiger partial charge >= 0.3 is 19.5 Å². The van der Waals surface area contributed by atoms with Crippen molar-refractivity contribution in [2.45, 2.75) is 30.4 Å². The molecule has 16 nitrogen and oxygen atoms in total. The fourth-order valence-corrected chi connectivity index (χ4v) is 5.11. The molecule has 3 rings (SSSR count). The lowest BCUT2D eigenvalue weighted by Crippen LogP contribution is -2.47. The Morgan fingerprint density at radius 2 is 1.97 bits per heavy atom. The van der Waals surface area contributed by atoms with Crippen molar-refractivity contribution in [1.29, 1.82) is 0 Å². The summed E-state index contributed by atoms with van der Waals surface area (Å²) in [5, 5.41) is 34.6. The number of carbonyl (C=O) groups excluding carboxylic acids is 3. The molecule has 0 bridgehead atoms. The number of aliphatic hydroxyl groups is 2. The highest BCUT2D eigenvalue weighted by atomic mass is 31.2. The molecule has 0 saturated carbocycles. The second-order valence-corrected chi connectivity index (χ2v) is 10.3. The van der Waals surface area contributed by atoms with Crippen LogP contribution in [0.25, 0.3) is 0 Å². The molecule has 17 heteroatoms. The number of primary amides is 1. The molecule has 1 aromatic heterocycles. The number of aromatic nitrogens is 2. The Morgan fingerprint density at radius 1 is 1.28 bits per heavy atom. The topological polar surface area (TPSA) is 231 Å². The van der Waals surface area contributed by atoms with Crippen LogP contribution in [-0.2, 0) is 38.6 Å². The van der Waals surface area contributed by atoms with Gasteiger partial charge in [-0.3, -0.25) is 28.8 Å². The predicted octanol–water partition coefficient (Wildman–Crippen LogP) is -0.967. The Bertz CT molecular complexity index is 1220. The first-order valence-corrected chi connectivity index (χ1v) is 13.1. The number of nitrogens with zero attached hydrogens (tertiary/aromatic N) is 2. The molecule has 1 aliphatic heterocycles. The first kappa shape index (κ1) is 30.0. The monoisotopic (exact) mass is 572 g/mol. The van der Waals surface area contributed by atoms with Crippen LogP contribution in [0.15, 0.2) is 36.7 Å². The van der Waals surface area contributed by atoms with Gasteiger partial charge < -0.3 is 39.8 Å². The van der Waals surface area contributed by atoms with Crippen LogP contribution in [0.3, 0.4) is 0 Å². The highest BCUT2D eigenvalue weighted by Crippen LogP contribution is 2.48. The van der Waals surface area contributed by atoms with Gasteiger partial charge in [0.2, 0.25) is 5.88 Å². The smallest absolute Gasteiger partial charge is 0.393 e. The molecule has 1 saturated heterocycles. The molecule has 1 unspecified atom stereocenters. The standard InChI is InChI=1S/C22H29N4O12P/c1-34-16(27)8-14(21(31)35-2)25-12-39(33,38-13-6-4-3-5-7-13)37-9-15-18(28)22(32,10-36-15)26-11-24-17(19(23)29)20(26)30/h3-7,11,14-15,18,25,28,30,32H,8-10,12H2,1-2H3,(H2,23,29)/t14-,15+,18+,22+,39?/m0/s1. The number of aromatic hydroxyl groups is 1. The molecule has 1 aromatic carbocycles. The number of benzene rings is 1. The summed E-state index contributed by atoms with van der Waals surface area (Å²) in [6.07, 6.45) is -3.19. The molecular formula is C22H29N4O12P. The van der Waals surface area contributed by atoms with Crippen molar-refractivity contribution < 1.29 is 57.5 Å². The van der Waals surface area contributed by atoms with E-state index in [1.165, 1.54) is 12.1 Å². The van der Waals surface area contributed by atoms with Crippen molar-refractivity contribution in [1.82, 2.24) is 14.9 Å². The number of imidazole rings is 1. The number of ether oxygens (including phenoxy) is 3. The summed E-state index contributed by atoms with van der Waals surface area (Å²) in [5.74, 6) is -3.27. The van der Waals surface area contributed by atoms with Crippen molar-refractivity contribution in [2.24, 2.45) is 5.73 Å². The lowest BCUT2D eigenvalue weighted by atomic mass is 10.1. The van der Waals surface area contributed by atoms with Crippen molar-refractivity contribution in [2.75, 3.05) is 33.7 Å². The van der Waals surface area contributed by atoms with Crippen LogP contribution in [0.5, 0.6) is 11.6 Å². The lowest BCUT2D eigenvalue weighted by molar-refractivity contribution is -0.149. The van der Waals surface area contributed by atoms with Gasteiger partial charge in [0.05, 0.1) is 33.9 Å². The predicted molar refractivity (Wildman–Crippen MR) is 129 cm³/mol. The van der Waals surface area contributed by atoms with Gasteiger partial charge in [0.25, 0.3) is 5.91 Å². The third kappa shape index (κ3) is 6.92. The van der Waals surface area contributed by atoms with Crippen LogP contribution in [0.4, 0.5) is 0 Å². The highest BCUT2D eigenvalue weighted by Gasteiger charge is 2.51. The summed E-state index contributed by atoms with van der Waals surface area (Å²) < 4.78 is 40.2. The van der Waals surface area contributed by atoms with E-state index in [0.717, 1.165) is 20.5 Å². The summed E-state index contributed by atoms with van der Waals surface area (Å²) in [6.45, 7) is -1.16. The van der Waals surface area contributed by atoms with Gasteiger partial charge in [-0.25, -0.2) is 9.55 Å². The van der Waals surface area contributed by atoms with E-state index in [4.69, 9.17) is 19.5 Å². The first-order valence-electron chi connectivity index (χ1n) is 11.4. The number of esters is 2. The minimum absolute atomic E-state index is 0.150. The molecule has 1 amide bonds. The molecule has 39 heavy (non-hydrogen) atoms. The van der Waals surface area contributed by atoms with Crippen molar-refractivity contribution >= 4 is 25.4 Å². The summed E-state index contributed by atoms with van der Waals surface area (Å²) in [7, 11) is -1.94. The van der Waals surface area contributed by atoms with E-state index in [-0.39, 0.29) is 5.75 Å². The van der Waals surface area contributed by atoms with Crippen LogP contribution in [0, 0.1) is 0 Å². The van der Waals surface area contributed by atoms with Crippen molar-refractivity contribution in [3.63, 3.8) is 0 Å². The summed E-state index contributed by atoms with van der Waals surface area (Å²) in [6, 6.07) is 6.67. The van der Waals surface area contributed by atoms with Gasteiger partial charge in [0.1, 0.15) is 36.6 Å². The van der Waals surface area contributed by atoms with E-state index in [1.807, 2.05) is 0 Å². The van der Waals surface area contributed by atoms with E-state index in [1.54, 1.807) is 18.2 Å². The second kappa shape index (κ2) is 12.5. The Balaban J connectivity index is 1.76. The summed E-state index contributed by atoms with van der Waals surface area (Å²) >= 11 is 0. The van der Waals surface area contributed by atoms with Gasteiger partial charge in [0, 0.05) is 0 Å². The van der Waals surface area contributed by atoms with E-state index in [9.17, 15) is 34.3 Å². The number of methoxy groups -OCH3 is 2. The molecule has 5 atom stereocenters. The third-order valence-electron chi connectivity index (χ3n) is 5.77. The molecule has 6 N–H and O–H groups in total. The molecule has 1 aliphatic rings. The number of hydrogen-bond acceptors (Lipinski definition) is 14. The number of para-hydroxylation sites is 1. The molecule has 0 aliphatic carbocycles. The lowest BCUT2D eigenvalue weighted by Gasteiger charge is -2.28. The number of hydrogen-bond donors (Lipinski definition) is 5. The fourth-order valence-electron chi connectivity index (χ4n) is 3.64. The van der Waals surface area contributed by atoms with Crippen molar-refractivity contribution in [3.8, 4) is 11.6 Å². The molecular weight excluding hydrogens is 543 g/mol. The zero-order valence-electron chi connectivity index (χ0n) is 21.0. The summed E-state index contributed by atoms with van der Waals surface area (Å²) in [4.78, 5) is 38.9. The summed E-state index contributed by atoms with van der Waals surface area (Å²) in [5.41, 5.74) is 2.31. The second-order valence-electron chi connectivity index (χ2n) is 8.35. The quantitative estimate of drug-likeness (QED) is 0.144. The Hall–Kier alpha value is -3.53. The van der Waals surface area contributed by atoms with Crippen LogP contribution < -0.4 is 15.6 Å². The molecule has 0 radical (unpaired) electrons. The Labute approximate surface area is 222 Å². The van der Waals surface area contributed by atoms with E-state index in [2.05, 4.69) is 19.8 Å². The molecule has 1 fully saturated rings. The normalized spacial score (nSPS) is 23.0. The number of amides is 1. The molecule has 2 aromatic rings. The average molecular weight is 572 g/mol. The maximum absolute atomic E-state index is 13.7. The molecule has 214 valence electrons. The first-order chi connectivity index (χ1) is 18.4. The Morgan fingerprint density at radius 3 is 2.56 bits per heavy atom. The number of rotatable bonds is 13. The van der Waals surface area contributed by atoms with Crippen LogP contribution in [0.1, 0.15) is 16.9 Å². The SMILES string of the molecule is COC(=O)C[C@H](NCP(=O)(OC[C@H]1OC[C@](O)(n2cnc(C(N)=O)c2O)[C@@H]1O)Oc1ccccc1)C(=O)OC. The van der Waals surface area contributed by atoms with E-state index in [0.29, 0.717) is 4.57 Å². The molecule has 0 spiro atoms. The average Bonchev–Trinajstić information content (AvgIpc) is 3.45. The van der Waals surface area contributed by atoms with Gasteiger partial charge in [-0.2, -0.15) is 0 Å². The largest absolute Gasteiger partial charge is 0.493 e. The number of carbonyl (C=O) groups is 3. The van der Waals surface area contributed by atoms with Gasteiger partial charge in [-0.1, -0.05) is 18.2 Å². The van der Waals surface area contributed by atoms with Crippen LogP contribution >= 0.6 is 7.60 Å². The van der Waals surface area contributed by atoms with Gasteiger partial charge in [-0.05, 0) is 12.1 Å². The zero-order valence-corrected chi connectivity index (χ0v) is 21.9. The Kier molecular flexibility index (Phi) is 9.66. The highest BCUT2D eigenvalue weighted by molar-refractivity contribution is 7.54. The molecule has 2 heterocycles. The number of nitrogens with one attached hydrogen (secondary N) is 1. The fraction of sp³-hybridized carbons (Fsp3) is 0.455. The van der Waals surface area contributed by atoms with Gasteiger partial charge in [0.15, 0.2) is 11.4 Å². The zero-order chi connectivity index (χ0) is 28.8. The third-order valence-corrected chi connectivity index (χ3v) is 7.37. The maximum Gasteiger partial charge on any atom is 0.393 e. The number of nitrogens with two attached hydrogens (primary N) is 1. The van der Waals surface area contributed by atoms with Gasteiger partial charge in [-0.15, -0.1) is 0 Å². The minimum atomic E-state index is -4.18. The van der Waals surface area contributed by atoms with Crippen LogP contribution in [0.2, 0.25) is 0 Å². The minimum Gasteiger partial charge on any atom is -0.493 e.